The molecule has 0 radical (unpaired) electrons. The lowest BCUT2D eigenvalue weighted by Gasteiger charge is -2.19. The summed E-state index contributed by atoms with van der Waals surface area (Å²) < 4.78 is 4.90. The Labute approximate surface area is 125 Å². The Kier molecular flexibility index (Phi) is 5.73. The fourth-order valence-electron chi connectivity index (χ4n) is 3.20. The zero-order valence-electron chi connectivity index (χ0n) is 12.6. The second kappa shape index (κ2) is 7.54. The van der Waals surface area contributed by atoms with Crippen molar-refractivity contribution in [1.29, 1.82) is 0 Å². The number of carbonyl (C=O) groups is 3. The molecule has 2 rings (SSSR count). The van der Waals surface area contributed by atoms with E-state index in [0.29, 0.717) is 13.2 Å². The van der Waals surface area contributed by atoms with Gasteiger partial charge >= 0.3 is 0 Å². The number of hydrogen-bond donors (Lipinski definition) is 1. The molecule has 6 nitrogen and oxygen atoms in total. The number of nitrogens with zero attached hydrogens (tertiary/aromatic N) is 1. The number of methoxy groups -OCH3 is 1. The number of carbonyl (C=O) groups excluding carboxylic acids is 3. The molecule has 0 spiro atoms. The summed E-state index contributed by atoms with van der Waals surface area (Å²) in [6.45, 7) is 1.37. The first-order valence-corrected chi connectivity index (χ1v) is 7.76. The van der Waals surface area contributed by atoms with Crippen LogP contribution >= 0.6 is 0 Å². The van der Waals surface area contributed by atoms with E-state index in [1.165, 1.54) is 4.90 Å². The molecule has 2 aliphatic rings. The summed E-state index contributed by atoms with van der Waals surface area (Å²) in [6.07, 6.45) is 4.61. The number of rotatable bonds is 7. The standard InChI is InChI=1S/C15H24N2O4/c1-21-10-4-8-16-13(18)7-9-17-14(19)11-5-2-3-6-12(11)15(17)20/h11-12H,2-10H2,1H3,(H,16,18). The first-order valence-electron chi connectivity index (χ1n) is 7.76. The molecule has 118 valence electrons. The summed E-state index contributed by atoms with van der Waals surface area (Å²) in [5, 5.41) is 2.77. The molecule has 1 heterocycles. The van der Waals surface area contributed by atoms with Gasteiger partial charge in [0.1, 0.15) is 0 Å². The zero-order chi connectivity index (χ0) is 15.2. The average molecular weight is 296 g/mol. The second-order valence-electron chi connectivity index (χ2n) is 5.77. The highest BCUT2D eigenvalue weighted by molar-refractivity contribution is 6.05. The predicted octanol–water partition coefficient (Wildman–Crippen LogP) is 0.704. The van der Waals surface area contributed by atoms with Gasteiger partial charge in [-0.05, 0) is 19.3 Å². The van der Waals surface area contributed by atoms with Crippen molar-refractivity contribution in [3.05, 3.63) is 0 Å². The minimum absolute atomic E-state index is 0.0723. The van der Waals surface area contributed by atoms with Crippen molar-refractivity contribution in [3.63, 3.8) is 0 Å². The minimum atomic E-state index is -0.129. The molecular weight excluding hydrogens is 272 g/mol. The Morgan fingerprint density at radius 3 is 2.43 bits per heavy atom. The highest BCUT2D eigenvalue weighted by Gasteiger charge is 2.47. The average Bonchev–Trinajstić information content (AvgIpc) is 2.74. The van der Waals surface area contributed by atoms with E-state index in [1.807, 2.05) is 0 Å². The van der Waals surface area contributed by atoms with E-state index in [0.717, 1.165) is 32.1 Å². The van der Waals surface area contributed by atoms with Crippen molar-refractivity contribution in [1.82, 2.24) is 10.2 Å². The topological polar surface area (TPSA) is 75.7 Å². The molecule has 0 aromatic rings. The number of fused-ring (bicyclic) bond motifs is 1. The molecule has 1 saturated carbocycles. The van der Waals surface area contributed by atoms with Crippen LogP contribution in [0.25, 0.3) is 0 Å². The fraction of sp³-hybridized carbons (Fsp3) is 0.800. The maximum Gasteiger partial charge on any atom is 0.233 e. The minimum Gasteiger partial charge on any atom is -0.385 e. The van der Waals surface area contributed by atoms with Crippen LogP contribution < -0.4 is 5.32 Å². The quantitative estimate of drug-likeness (QED) is 0.554. The molecule has 6 heteroatoms. The van der Waals surface area contributed by atoms with Gasteiger partial charge < -0.3 is 10.1 Å². The largest absolute Gasteiger partial charge is 0.385 e. The van der Waals surface area contributed by atoms with Crippen molar-refractivity contribution < 1.29 is 19.1 Å². The Hall–Kier alpha value is -1.43. The summed E-state index contributed by atoms with van der Waals surface area (Å²) >= 11 is 0. The van der Waals surface area contributed by atoms with Gasteiger partial charge in [0.2, 0.25) is 17.7 Å². The van der Waals surface area contributed by atoms with Crippen LogP contribution in [0.2, 0.25) is 0 Å². The third kappa shape index (κ3) is 3.81. The van der Waals surface area contributed by atoms with Crippen molar-refractivity contribution in [2.24, 2.45) is 11.8 Å². The van der Waals surface area contributed by atoms with E-state index in [9.17, 15) is 14.4 Å². The van der Waals surface area contributed by atoms with Gasteiger partial charge in [-0.15, -0.1) is 0 Å². The van der Waals surface area contributed by atoms with Crippen molar-refractivity contribution in [2.45, 2.75) is 38.5 Å². The first kappa shape index (κ1) is 15.9. The Morgan fingerprint density at radius 1 is 1.24 bits per heavy atom. The number of ether oxygens (including phenoxy) is 1. The molecule has 1 N–H and O–H groups in total. The van der Waals surface area contributed by atoms with E-state index in [4.69, 9.17) is 4.74 Å². The van der Waals surface area contributed by atoms with Crippen LogP contribution in [0.3, 0.4) is 0 Å². The normalized spacial score (nSPS) is 25.1. The van der Waals surface area contributed by atoms with Crippen LogP contribution in [-0.2, 0) is 19.1 Å². The fourth-order valence-corrected chi connectivity index (χ4v) is 3.20. The third-order valence-electron chi connectivity index (χ3n) is 4.34. The lowest BCUT2D eigenvalue weighted by molar-refractivity contribution is -0.140. The lowest BCUT2D eigenvalue weighted by Crippen LogP contribution is -2.35. The van der Waals surface area contributed by atoms with E-state index in [-0.39, 0.29) is 42.5 Å². The van der Waals surface area contributed by atoms with Gasteiger partial charge in [0.05, 0.1) is 11.8 Å². The van der Waals surface area contributed by atoms with Gasteiger partial charge in [-0.3, -0.25) is 19.3 Å². The van der Waals surface area contributed by atoms with Crippen molar-refractivity contribution in [3.8, 4) is 0 Å². The second-order valence-corrected chi connectivity index (χ2v) is 5.77. The molecule has 1 saturated heterocycles. The third-order valence-corrected chi connectivity index (χ3v) is 4.34. The summed E-state index contributed by atoms with van der Waals surface area (Å²) in [7, 11) is 1.62. The predicted molar refractivity (Wildman–Crippen MR) is 76.3 cm³/mol. The number of imide groups is 1. The molecule has 1 aliphatic heterocycles. The molecule has 0 bridgehead atoms. The van der Waals surface area contributed by atoms with Gasteiger partial charge in [0.25, 0.3) is 0 Å². The number of likely N-dealkylation sites (tertiary alicyclic amines) is 1. The van der Waals surface area contributed by atoms with E-state index in [2.05, 4.69) is 5.32 Å². The Bertz CT molecular complexity index is 386. The number of hydrogen-bond acceptors (Lipinski definition) is 4. The van der Waals surface area contributed by atoms with E-state index >= 15 is 0 Å². The van der Waals surface area contributed by atoms with Crippen LogP contribution in [-0.4, -0.2) is 49.4 Å². The Balaban J connectivity index is 1.76. The van der Waals surface area contributed by atoms with Crippen LogP contribution in [0.5, 0.6) is 0 Å². The lowest BCUT2D eigenvalue weighted by atomic mass is 9.81. The van der Waals surface area contributed by atoms with Gasteiger partial charge in [0, 0.05) is 33.2 Å². The molecular formula is C15H24N2O4. The summed E-state index contributed by atoms with van der Waals surface area (Å²) in [5.41, 5.74) is 0. The smallest absolute Gasteiger partial charge is 0.233 e. The molecule has 21 heavy (non-hydrogen) atoms. The monoisotopic (exact) mass is 296 g/mol. The highest BCUT2D eigenvalue weighted by atomic mass is 16.5. The number of nitrogens with one attached hydrogen (secondary N) is 1. The molecule has 2 unspecified atom stereocenters. The summed E-state index contributed by atoms with van der Waals surface area (Å²) in [6, 6.07) is 0. The Morgan fingerprint density at radius 2 is 1.86 bits per heavy atom. The first-order chi connectivity index (χ1) is 10.1. The van der Waals surface area contributed by atoms with E-state index in [1.54, 1.807) is 7.11 Å². The maximum atomic E-state index is 12.2. The van der Waals surface area contributed by atoms with Gasteiger partial charge in [-0.1, -0.05) is 12.8 Å². The van der Waals surface area contributed by atoms with Gasteiger partial charge in [-0.25, -0.2) is 0 Å². The molecule has 2 atom stereocenters. The molecule has 3 amide bonds. The van der Waals surface area contributed by atoms with Crippen LogP contribution in [0, 0.1) is 11.8 Å². The SMILES string of the molecule is COCCCNC(=O)CCN1C(=O)C2CCCCC2C1=O. The molecule has 0 aromatic carbocycles. The van der Waals surface area contributed by atoms with Crippen molar-refractivity contribution in [2.75, 3.05) is 26.8 Å². The highest BCUT2D eigenvalue weighted by Crippen LogP contribution is 2.37. The maximum absolute atomic E-state index is 12.2. The van der Waals surface area contributed by atoms with Crippen LogP contribution in [0.15, 0.2) is 0 Å². The summed E-state index contributed by atoms with van der Waals surface area (Å²) in [4.78, 5) is 37.4. The number of amides is 3. The zero-order valence-corrected chi connectivity index (χ0v) is 12.6. The van der Waals surface area contributed by atoms with Gasteiger partial charge in [-0.2, -0.15) is 0 Å². The van der Waals surface area contributed by atoms with E-state index < -0.39 is 0 Å². The molecule has 1 aliphatic carbocycles. The molecule has 0 aromatic heterocycles. The van der Waals surface area contributed by atoms with Crippen LogP contribution in [0.4, 0.5) is 0 Å². The summed E-state index contributed by atoms with van der Waals surface area (Å²) in [5.74, 6) is -0.526. The van der Waals surface area contributed by atoms with Crippen molar-refractivity contribution >= 4 is 17.7 Å². The van der Waals surface area contributed by atoms with Crippen LogP contribution in [0.1, 0.15) is 38.5 Å². The molecule has 2 fully saturated rings. The van der Waals surface area contributed by atoms with Gasteiger partial charge in [0.15, 0.2) is 0 Å².